The quantitative estimate of drug-likeness (QED) is 0.719. The molecule has 2 aromatic rings. The first-order valence-electron chi connectivity index (χ1n) is 4.69. The summed E-state index contributed by atoms with van der Waals surface area (Å²) in [5, 5.41) is 20.2. The number of carbonyl (C=O) groups is 1. The summed E-state index contributed by atoms with van der Waals surface area (Å²) in [5.74, 6) is -1.18. The van der Waals surface area contributed by atoms with Gasteiger partial charge in [-0.15, -0.1) is 0 Å². The monoisotopic (exact) mass is 215 g/mol. The van der Waals surface area contributed by atoms with E-state index in [9.17, 15) is 15.0 Å². The Balaban J connectivity index is 2.60. The molecular weight excluding hydrogens is 206 g/mol. The molecule has 0 spiro atoms. The third-order valence-corrected chi connectivity index (χ3v) is 2.19. The summed E-state index contributed by atoms with van der Waals surface area (Å²) in [6.07, 6.45) is 3.09. The topological polar surface area (TPSA) is 64.2 Å². The fourth-order valence-corrected chi connectivity index (χ4v) is 1.48. The number of aromatic carboxylic acids is 1. The van der Waals surface area contributed by atoms with Crippen LogP contribution in [0.25, 0.3) is 5.69 Å². The normalized spacial score (nSPS) is 10.0. The van der Waals surface area contributed by atoms with E-state index in [2.05, 4.69) is 0 Å². The summed E-state index contributed by atoms with van der Waals surface area (Å²) < 4.78 is 1.53. The summed E-state index contributed by atoms with van der Waals surface area (Å²) in [4.78, 5) is 10.9. The predicted molar refractivity (Wildman–Crippen MR) is 54.0 cm³/mol. The van der Waals surface area contributed by atoms with Gasteiger partial charge in [0, 0.05) is 12.1 Å². The zero-order chi connectivity index (χ0) is 11.5. The van der Waals surface area contributed by atoms with Gasteiger partial charge in [-0.3, -0.25) is 0 Å². The van der Waals surface area contributed by atoms with Crippen LogP contribution in [0.1, 0.15) is 10.4 Å². The van der Waals surface area contributed by atoms with E-state index in [1.807, 2.05) is 0 Å². The fourth-order valence-electron chi connectivity index (χ4n) is 1.48. The third kappa shape index (κ3) is 1.86. The van der Waals surface area contributed by atoms with E-state index < -0.39 is 5.97 Å². The first kappa shape index (κ1) is 10.2. The molecule has 4 heteroatoms. The van der Waals surface area contributed by atoms with Crippen LogP contribution >= 0.6 is 0 Å². The van der Waals surface area contributed by atoms with Crippen molar-refractivity contribution in [3.8, 4) is 11.4 Å². The highest BCUT2D eigenvalue weighted by Crippen LogP contribution is 2.09. The molecule has 0 aliphatic heterocycles. The van der Waals surface area contributed by atoms with Crippen molar-refractivity contribution in [1.29, 1.82) is 0 Å². The van der Waals surface area contributed by atoms with Crippen LogP contribution in [0.4, 0.5) is 0 Å². The Hall–Kier alpha value is -2.36. The zero-order valence-corrected chi connectivity index (χ0v) is 8.33. The number of para-hydroxylation sites is 1. The van der Waals surface area contributed by atoms with E-state index in [1.165, 1.54) is 22.9 Å². The van der Waals surface area contributed by atoms with Crippen molar-refractivity contribution < 1.29 is 19.6 Å². The van der Waals surface area contributed by atoms with Gasteiger partial charge in [-0.05, 0) is 12.1 Å². The van der Waals surface area contributed by atoms with Crippen LogP contribution in [-0.2, 0) is 0 Å². The molecule has 0 unspecified atom stereocenters. The number of rotatable bonds is 2. The number of aromatic hydroxyl groups is 1. The Bertz CT molecular complexity index is 537. The summed E-state index contributed by atoms with van der Waals surface area (Å²) in [6, 6.07) is 9.59. The minimum absolute atomic E-state index is 0.0654. The minimum atomic E-state index is -1.24. The van der Waals surface area contributed by atoms with E-state index in [0.29, 0.717) is 5.69 Å². The molecule has 1 heterocycles. The molecule has 0 amide bonds. The van der Waals surface area contributed by atoms with Crippen molar-refractivity contribution in [2.24, 2.45) is 0 Å². The smallest absolute Gasteiger partial charge is 0.219 e. The van der Waals surface area contributed by atoms with Gasteiger partial charge in [0.15, 0.2) is 11.9 Å². The molecule has 0 saturated heterocycles. The lowest BCUT2D eigenvalue weighted by Gasteiger charge is -2.04. The number of carbonyl (C=O) groups excluding carboxylic acids is 1. The highest BCUT2D eigenvalue weighted by Gasteiger charge is 2.12. The van der Waals surface area contributed by atoms with E-state index in [-0.39, 0.29) is 11.3 Å². The molecule has 2 rings (SSSR count). The molecule has 80 valence electrons. The van der Waals surface area contributed by atoms with Crippen molar-refractivity contribution in [3.63, 3.8) is 0 Å². The molecule has 1 aromatic heterocycles. The number of pyridine rings is 1. The Morgan fingerprint density at radius 3 is 2.62 bits per heavy atom. The number of hydrogen-bond donors (Lipinski definition) is 1. The molecule has 16 heavy (non-hydrogen) atoms. The number of aromatic nitrogens is 1. The van der Waals surface area contributed by atoms with Gasteiger partial charge in [-0.2, -0.15) is 4.57 Å². The van der Waals surface area contributed by atoms with Crippen LogP contribution < -0.4 is 9.67 Å². The molecule has 0 aliphatic carbocycles. The van der Waals surface area contributed by atoms with Crippen molar-refractivity contribution in [2.75, 3.05) is 0 Å². The maximum Gasteiger partial charge on any atom is 0.219 e. The summed E-state index contributed by atoms with van der Waals surface area (Å²) >= 11 is 0. The van der Waals surface area contributed by atoms with Crippen molar-refractivity contribution in [2.45, 2.75) is 0 Å². The van der Waals surface area contributed by atoms with Crippen molar-refractivity contribution >= 4 is 5.97 Å². The molecule has 0 aliphatic rings. The maximum atomic E-state index is 10.9. The average molecular weight is 215 g/mol. The largest absolute Gasteiger partial charge is 0.545 e. The van der Waals surface area contributed by atoms with Crippen LogP contribution in [0.15, 0.2) is 48.8 Å². The van der Waals surface area contributed by atoms with Crippen molar-refractivity contribution in [3.05, 3.63) is 54.4 Å². The Labute approximate surface area is 92.0 Å². The molecular formula is C12H9NO3. The number of carboxylic acid groups (broad SMARTS) is 1. The van der Waals surface area contributed by atoms with Gasteiger partial charge >= 0.3 is 0 Å². The molecule has 1 N–H and O–H groups in total. The Morgan fingerprint density at radius 1 is 1.19 bits per heavy atom. The standard InChI is InChI=1S/C12H9NO3/c14-9-4-3-7-13(8-9)11-6-2-1-5-10(11)12(15)16/h1-8H,(H-,14,15,16). The third-order valence-electron chi connectivity index (χ3n) is 2.19. The lowest BCUT2D eigenvalue weighted by molar-refractivity contribution is -0.596. The van der Waals surface area contributed by atoms with Gasteiger partial charge in [-0.1, -0.05) is 12.1 Å². The van der Waals surface area contributed by atoms with Gasteiger partial charge in [0.2, 0.25) is 11.9 Å². The van der Waals surface area contributed by atoms with E-state index in [0.717, 1.165) is 0 Å². The fraction of sp³-hybridized carbons (Fsp3) is 0. The lowest BCUT2D eigenvalue weighted by atomic mass is 10.2. The van der Waals surface area contributed by atoms with E-state index in [4.69, 9.17) is 0 Å². The first-order valence-corrected chi connectivity index (χ1v) is 4.69. The Kier molecular flexibility index (Phi) is 2.55. The number of carboxylic acids is 1. The zero-order valence-electron chi connectivity index (χ0n) is 8.33. The Morgan fingerprint density at radius 2 is 1.94 bits per heavy atom. The average Bonchev–Trinajstić information content (AvgIpc) is 2.29. The molecule has 0 radical (unpaired) electrons. The van der Waals surface area contributed by atoms with E-state index in [1.54, 1.807) is 30.5 Å². The molecule has 0 atom stereocenters. The summed E-state index contributed by atoms with van der Waals surface area (Å²) in [5.41, 5.74) is 0.538. The molecule has 0 saturated carbocycles. The number of hydrogen-bond acceptors (Lipinski definition) is 3. The van der Waals surface area contributed by atoms with E-state index >= 15 is 0 Å². The van der Waals surface area contributed by atoms with Gasteiger partial charge < -0.3 is 15.0 Å². The van der Waals surface area contributed by atoms with Gasteiger partial charge in [0.25, 0.3) is 0 Å². The highest BCUT2D eigenvalue weighted by atomic mass is 16.4. The molecule has 1 aromatic carbocycles. The van der Waals surface area contributed by atoms with Crippen LogP contribution in [0, 0.1) is 0 Å². The number of benzene rings is 1. The van der Waals surface area contributed by atoms with Gasteiger partial charge in [0.05, 0.1) is 11.5 Å². The summed E-state index contributed by atoms with van der Waals surface area (Å²) in [7, 11) is 0. The highest BCUT2D eigenvalue weighted by molar-refractivity contribution is 5.89. The second-order valence-corrected chi connectivity index (χ2v) is 3.27. The first-order chi connectivity index (χ1) is 7.68. The second kappa shape index (κ2) is 4.02. The molecule has 4 nitrogen and oxygen atoms in total. The van der Waals surface area contributed by atoms with Crippen LogP contribution in [0.5, 0.6) is 5.75 Å². The van der Waals surface area contributed by atoms with Crippen molar-refractivity contribution in [1.82, 2.24) is 0 Å². The number of nitrogens with zero attached hydrogens (tertiary/aromatic N) is 1. The van der Waals surface area contributed by atoms with Gasteiger partial charge in [0.1, 0.15) is 0 Å². The summed E-state index contributed by atoms with van der Waals surface area (Å²) in [6.45, 7) is 0. The SMILES string of the molecule is O=C([O-])c1ccccc1-[n+]1cccc(O)c1. The maximum absolute atomic E-state index is 10.9. The minimum Gasteiger partial charge on any atom is -0.545 e. The van der Waals surface area contributed by atoms with Crippen LogP contribution in [0.2, 0.25) is 0 Å². The van der Waals surface area contributed by atoms with Gasteiger partial charge in [-0.25, -0.2) is 0 Å². The molecule has 0 bridgehead atoms. The van der Waals surface area contributed by atoms with Crippen LogP contribution in [-0.4, -0.2) is 11.1 Å². The lowest BCUT2D eigenvalue weighted by Crippen LogP contribution is -2.34. The second-order valence-electron chi connectivity index (χ2n) is 3.27. The predicted octanol–water partition coefficient (Wildman–Crippen LogP) is 0.0324. The molecule has 0 fully saturated rings. The van der Waals surface area contributed by atoms with Crippen LogP contribution in [0.3, 0.4) is 0 Å².